The van der Waals surface area contributed by atoms with Crippen molar-refractivity contribution in [1.29, 1.82) is 0 Å². The topological polar surface area (TPSA) is 21.3 Å². The van der Waals surface area contributed by atoms with Crippen molar-refractivity contribution in [3.63, 3.8) is 0 Å². The summed E-state index contributed by atoms with van der Waals surface area (Å²) in [5.74, 6) is 0. The zero-order valence-electron chi connectivity index (χ0n) is 5.14. The molecule has 0 radical (unpaired) electrons. The number of hydrogen-bond acceptors (Lipinski definition) is 2. The molecular formula is C6H10INO. The summed E-state index contributed by atoms with van der Waals surface area (Å²) >= 11 is 2.14. The molecule has 0 amide bonds. The van der Waals surface area contributed by atoms with E-state index >= 15 is 0 Å². The Balaban J connectivity index is 2.18. The van der Waals surface area contributed by atoms with E-state index in [1.165, 1.54) is 0 Å². The second-order valence-corrected chi connectivity index (χ2v) is 2.81. The van der Waals surface area contributed by atoms with Gasteiger partial charge in [-0.05, 0) is 18.9 Å². The highest BCUT2D eigenvalue weighted by molar-refractivity contribution is 14.1. The number of nitrogens with one attached hydrogen (secondary N) is 1. The molecule has 0 saturated heterocycles. The van der Waals surface area contributed by atoms with E-state index < -0.39 is 0 Å². The predicted molar refractivity (Wildman–Crippen MR) is 45.3 cm³/mol. The number of allylic oxidation sites excluding steroid dienone is 1. The first-order valence-electron chi connectivity index (χ1n) is 3.07. The summed E-state index contributed by atoms with van der Waals surface area (Å²) in [6.07, 6.45) is 6.55. The third-order valence-electron chi connectivity index (χ3n) is 1.33. The van der Waals surface area contributed by atoms with Crippen LogP contribution in [0.1, 0.15) is 12.8 Å². The first-order valence-corrected chi connectivity index (χ1v) is 4.15. The Hall–Kier alpha value is 0.230. The summed E-state index contributed by atoms with van der Waals surface area (Å²) in [6, 6.07) is 0. The van der Waals surface area contributed by atoms with Crippen LogP contribution >= 0.6 is 22.9 Å². The van der Waals surface area contributed by atoms with E-state index in [9.17, 15) is 0 Å². The summed E-state index contributed by atoms with van der Waals surface area (Å²) in [6.45, 7) is 0.949. The first kappa shape index (κ1) is 7.34. The summed E-state index contributed by atoms with van der Waals surface area (Å²) < 4.78 is 8.32. The monoisotopic (exact) mass is 239 g/mol. The molecule has 1 aliphatic rings. The van der Waals surface area contributed by atoms with Crippen LogP contribution in [0.4, 0.5) is 0 Å². The number of ether oxygens (including phenoxy) is 1. The van der Waals surface area contributed by atoms with E-state index in [-0.39, 0.29) is 0 Å². The van der Waals surface area contributed by atoms with Crippen LogP contribution in [0, 0.1) is 0 Å². The molecule has 1 atom stereocenters. The zero-order chi connectivity index (χ0) is 6.53. The zero-order valence-corrected chi connectivity index (χ0v) is 7.30. The lowest BCUT2D eigenvalue weighted by Crippen LogP contribution is -2.23. The first-order chi connectivity index (χ1) is 4.43. The van der Waals surface area contributed by atoms with Crippen molar-refractivity contribution in [3.05, 3.63) is 12.3 Å². The number of hydrogen-bond donors (Lipinski definition) is 1. The Morgan fingerprint density at radius 1 is 1.78 bits per heavy atom. The van der Waals surface area contributed by atoms with Gasteiger partial charge in [0.2, 0.25) is 0 Å². The molecule has 1 unspecified atom stereocenters. The Kier molecular flexibility index (Phi) is 3.35. The van der Waals surface area contributed by atoms with Gasteiger partial charge in [0, 0.05) is 29.4 Å². The fourth-order valence-electron chi connectivity index (χ4n) is 0.821. The fraction of sp³-hybridized carbons (Fsp3) is 0.667. The van der Waals surface area contributed by atoms with Crippen molar-refractivity contribution in [2.45, 2.75) is 18.9 Å². The van der Waals surface area contributed by atoms with Gasteiger partial charge < -0.3 is 4.74 Å². The molecule has 0 bridgehead atoms. The molecule has 9 heavy (non-hydrogen) atoms. The molecule has 1 aliphatic heterocycles. The Morgan fingerprint density at radius 3 is 3.22 bits per heavy atom. The summed E-state index contributed by atoms with van der Waals surface area (Å²) in [5, 5.41) is 0. The second-order valence-electron chi connectivity index (χ2n) is 2.04. The van der Waals surface area contributed by atoms with Gasteiger partial charge in [0.25, 0.3) is 0 Å². The third-order valence-corrected chi connectivity index (χ3v) is 1.77. The maximum Gasteiger partial charge on any atom is 0.111 e. The molecule has 0 saturated carbocycles. The van der Waals surface area contributed by atoms with Crippen molar-refractivity contribution in [1.82, 2.24) is 3.53 Å². The van der Waals surface area contributed by atoms with Gasteiger partial charge >= 0.3 is 0 Å². The van der Waals surface area contributed by atoms with Gasteiger partial charge in [0.05, 0.1) is 6.26 Å². The highest BCUT2D eigenvalue weighted by atomic mass is 127. The quantitative estimate of drug-likeness (QED) is 0.584. The maximum absolute atomic E-state index is 5.27. The highest BCUT2D eigenvalue weighted by Gasteiger charge is 2.08. The van der Waals surface area contributed by atoms with Crippen molar-refractivity contribution >= 4 is 22.9 Å². The summed E-state index contributed by atoms with van der Waals surface area (Å²) in [7, 11) is 0. The average molecular weight is 239 g/mol. The van der Waals surface area contributed by atoms with E-state index in [2.05, 4.69) is 32.5 Å². The van der Waals surface area contributed by atoms with Gasteiger partial charge in [-0.3, -0.25) is 3.53 Å². The smallest absolute Gasteiger partial charge is 0.111 e. The standard InChI is InChI=1S/C6H10INO/c7-8-5-6-3-1-2-4-9-6/h2,4,6,8H,1,3,5H2. The fourth-order valence-corrected chi connectivity index (χ4v) is 1.31. The van der Waals surface area contributed by atoms with E-state index in [0.29, 0.717) is 6.10 Å². The van der Waals surface area contributed by atoms with Crippen LogP contribution in [0.25, 0.3) is 0 Å². The van der Waals surface area contributed by atoms with E-state index in [4.69, 9.17) is 4.74 Å². The molecule has 0 aromatic rings. The number of rotatable bonds is 2. The van der Waals surface area contributed by atoms with E-state index in [1.54, 1.807) is 6.26 Å². The minimum Gasteiger partial charge on any atom is -0.497 e. The van der Waals surface area contributed by atoms with Crippen molar-refractivity contribution in [3.8, 4) is 0 Å². The van der Waals surface area contributed by atoms with Crippen LogP contribution in [0.15, 0.2) is 12.3 Å². The van der Waals surface area contributed by atoms with Crippen LogP contribution in [0.3, 0.4) is 0 Å². The van der Waals surface area contributed by atoms with Crippen molar-refractivity contribution in [2.75, 3.05) is 6.54 Å². The minimum atomic E-state index is 0.395. The maximum atomic E-state index is 5.27. The Morgan fingerprint density at radius 2 is 2.67 bits per heavy atom. The summed E-state index contributed by atoms with van der Waals surface area (Å²) in [5.41, 5.74) is 0. The van der Waals surface area contributed by atoms with Gasteiger partial charge in [-0.1, -0.05) is 0 Å². The molecule has 3 heteroatoms. The van der Waals surface area contributed by atoms with Crippen LogP contribution in [-0.2, 0) is 4.74 Å². The van der Waals surface area contributed by atoms with Crippen LogP contribution in [-0.4, -0.2) is 12.6 Å². The average Bonchev–Trinajstić information content (AvgIpc) is 1.91. The minimum absolute atomic E-state index is 0.395. The van der Waals surface area contributed by atoms with Gasteiger partial charge in [0.1, 0.15) is 6.10 Å². The highest BCUT2D eigenvalue weighted by Crippen LogP contribution is 2.08. The second kappa shape index (κ2) is 4.11. The van der Waals surface area contributed by atoms with Gasteiger partial charge in [-0.15, -0.1) is 0 Å². The lowest BCUT2D eigenvalue weighted by molar-refractivity contribution is 0.129. The van der Waals surface area contributed by atoms with Gasteiger partial charge in [-0.25, -0.2) is 0 Å². The van der Waals surface area contributed by atoms with Crippen LogP contribution < -0.4 is 3.53 Å². The summed E-state index contributed by atoms with van der Waals surface area (Å²) in [4.78, 5) is 0. The van der Waals surface area contributed by atoms with Gasteiger partial charge in [-0.2, -0.15) is 0 Å². The van der Waals surface area contributed by atoms with Crippen molar-refractivity contribution in [2.24, 2.45) is 0 Å². The lowest BCUT2D eigenvalue weighted by Gasteiger charge is -2.17. The Bertz CT molecular complexity index is 105. The molecule has 0 spiro atoms. The largest absolute Gasteiger partial charge is 0.497 e. The normalized spacial score (nSPS) is 25.7. The predicted octanol–water partition coefficient (Wildman–Crippen LogP) is 1.62. The molecule has 2 nitrogen and oxygen atoms in total. The molecule has 0 aromatic carbocycles. The van der Waals surface area contributed by atoms with E-state index in [0.717, 1.165) is 19.4 Å². The number of halogens is 1. The SMILES string of the molecule is INCC1CCC=CO1. The Labute approximate surface area is 69.2 Å². The lowest BCUT2D eigenvalue weighted by atomic mass is 10.2. The molecule has 1 rings (SSSR count). The van der Waals surface area contributed by atoms with Crippen LogP contribution in [0.2, 0.25) is 0 Å². The molecule has 52 valence electrons. The molecule has 0 aromatic heterocycles. The molecule has 0 aliphatic carbocycles. The van der Waals surface area contributed by atoms with Gasteiger partial charge in [0.15, 0.2) is 0 Å². The third kappa shape index (κ3) is 2.53. The van der Waals surface area contributed by atoms with Crippen LogP contribution in [0.5, 0.6) is 0 Å². The molecule has 1 heterocycles. The molecule has 1 N–H and O–H groups in total. The molecular weight excluding hydrogens is 229 g/mol. The van der Waals surface area contributed by atoms with Crippen molar-refractivity contribution < 1.29 is 4.74 Å². The molecule has 0 fully saturated rings. The van der Waals surface area contributed by atoms with E-state index in [1.807, 2.05) is 0 Å².